The second kappa shape index (κ2) is 8.69. The van der Waals surface area contributed by atoms with E-state index in [0.29, 0.717) is 23.5 Å². The molecule has 1 aromatic rings. The summed E-state index contributed by atoms with van der Waals surface area (Å²) in [6, 6.07) is 4.96. The van der Waals surface area contributed by atoms with Crippen molar-refractivity contribution in [3.05, 3.63) is 23.8 Å². The van der Waals surface area contributed by atoms with Crippen LogP contribution in [0.3, 0.4) is 0 Å². The lowest BCUT2D eigenvalue weighted by molar-refractivity contribution is 0.0954. The van der Waals surface area contributed by atoms with Crippen molar-refractivity contribution in [1.82, 2.24) is 5.32 Å². The molecule has 0 heterocycles. The number of thioether (sulfide) groups is 1. The van der Waals surface area contributed by atoms with Gasteiger partial charge in [0.1, 0.15) is 0 Å². The van der Waals surface area contributed by atoms with E-state index >= 15 is 0 Å². The molecule has 0 aliphatic heterocycles. The first-order valence-corrected chi connectivity index (χ1v) is 7.96. The molecule has 0 aliphatic carbocycles. The molecule has 4 nitrogen and oxygen atoms in total. The minimum atomic E-state index is -0.124. The van der Waals surface area contributed by atoms with Crippen LogP contribution in [0.15, 0.2) is 18.2 Å². The van der Waals surface area contributed by atoms with E-state index in [9.17, 15) is 4.79 Å². The minimum Gasteiger partial charge on any atom is -0.399 e. The van der Waals surface area contributed by atoms with Gasteiger partial charge >= 0.3 is 0 Å². The van der Waals surface area contributed by atoms with Gasteiger partial charge in [0.15, 0.2) is 0 Å². The number of carbonyl (C=O) groups excluding carboxylic acids is 1. The molecule has 5 N–H and O–H groups in total. The normalized spacial score (nSPS) is 10.4. The number of hydrogen-bond donors (Lipinski definition) is 3. The van der Waals surface area contributed by atoms with E-state index in [1.54, 1.807) is 18.2 Å². The van der Waals surface area contributed by atoms with E-state index in [1.165, 1.54) is 18.6 Å². The van der Waals surface area contributed by atoms with Gasteiger partial charge < -0.3 is 16.8 Å². The topological polar surface area (TPSA) is 81.1 Å². The number of hydrogen-bond acceptors (Lipinski definition) is 4. The monoisotopic (exact) mass is 281 g/mol. The SMILES string of the molecule is CSCCCCCCNC(=O)c1ccc(N)cc1N. The van der Waals surface area contributed by atoms with E-state index < -0.39 is 0 Å². The Hall–Kier alpha value is -1.36. The largest absolute Gasteiger partial charge is 0.399 e. The van der Waals surface area contributed by atoms with E-state index in [0.717, 1.165) is 12.8 Å². The highest BCUT2D eigenvalue weighted by Gasteiger charge is 2.08. The molecule has 19 heavy (non-hydrogen) atoms. The third kappa shape index (κ3) is 5.87. The number of rotatable bonds is 8. The first-order chi connectivity index (χ1) is 9.15. The molecule has 0 bridgehead atoms. The molecule has 5 heteroatoms. The maximum atomic E-state index is 11.9. The third-order valence-corrected chi connectivity index (χ3v) is 3.58. The van der Waals surface area contributed by atoms with Crippen molar-refractivity contribution in [3.8, 4) is 0 Å². The Morgan fingerprint density at radius 2 is 1.95 bits per heavy atom. The van der Waals surface area contributed by atoms with Gasteiger partial charge in [0.05, 0.1) is 5.56 Å². The van der Waals surface area contributed by atoms with Gasteiger partial charge in [-0.25, -0.2) is 0 Å². The molecule has 1 aromatic carbocycles. The van der Waals surface area contributed by atoms with Crippen LogP contribution in [0.4, 0.5) is 11.4 Å². The van der Waals surface area contributed by atoms with Crippen LogP contribution in [-0.4, -0.2) is 24.5 Å². The zero-order chi connectivity index (χ0) is 14.1. The number of unbranched alkanes of at least 4 members (excludes halogenated alkanes) is 3. The second-order valence-corrected chi connectivity index (χ2v) is 5.50. The zero-order valence-corrected chi connectivity index (χ0v) is 12.3. The van der Waals surface area contributed by atoms with Crippen molar-refractivity contribution in [1.29, 1.82) is 0 Å². The Balaban J connectivity index is 2.24. The maximum Gasteiger partial charge on any atom is 0.253 e. The Kier molecular flexibility index (Phi) is 7.18. The third-order valence-electron chi connectivity index (χ3n) is 2.88. The molecule has 0 radical (unpaired) electrons. The molecule has 0 fully saturated rings. The number of nitrogen functional groups attached to an aromatic ring is 2. The van der Waals surface area contributed by atoms with Crippen LogP contribution in [-0.2, 0) is 0 Å². The van der Waals surface area contributed by atoms with Crippen molar-refractivity contribution in [2.24, 2.45) is 0 Å². The summed E-state index contributed by atoms with van der Waals surface area (Å²) in [5.41, 5.74) is 12.9. The van der Waals surface area contributed by atoms with Gasteiger partial charge in [0, 0.05) is 17.9 Å². The molecule has 0 atom stereocenters. The Labute approximate surface area is 119 Å². The summed E-state index contributed by atoms with van der Waals surface area (Å²) in [6.07, 6.45) is 6.76. The van der Waals surface area contributed by atoms with Crippen molar-refractivity contribution in [2.75, 3.05) is 30.0 Å². The van der Waals surface area contributed by atoms with Gasteiger partial charge in [-0.15, -0.1) is 0 Å². The van der Waals surface area contributed by atoms with Crippen LogP contribution in [0.25, 0.3) is 0 Å². The molecule has 0 saturated carbocycles. The van der Waals surface area contributed by atoms with Crippen LogP contribution in [0.2, 0.25) is 0 Å². The summed E-state index contributed by atoms with van der Waals surface area (Å²) in [5, 5.41) is 2.89. The van der Waals surface area contributed by atoms with Gasteiger partial charge in [0.2, 0.25) is 0 Å². The Bertz CT molecular complexity index is 410. The summed E-state index contributed by atoms with van der Waals surface area (Å²) < 4.78 is 0. The molecule has 0 aliphatic rings. The highest BCUT2D eigenvalue weighted by atomic mass is 32.2. The number of amides is 1. The fourth-order valence-corrected chi connectivity index (χ4v) is 2.30. The van der Waals surface area contributed by atoms with Gasteiger partial charge in [-0.1, -0.05) is 12.8 Å². The van der Waals surface area contributed by atoms with Crippen LogP contribution in [0.5, 0.6) is 0 Å². The van der Waals surface area contributed by atoms with Crippen molar-refractivity contribution >= 4 is 29.0 Å². The summed E-state index contributed by atoms with van der Waals surface area (Å²) in [4.78, 5) is 11.9. The van der Waals surface area contributed by atoms with Crippen molar-refractivity contribution in [3.63, 3.8) is 0 Å². The fraction of sp³-hybridized carbons (Fsp3) is 0.500. The first-order valence-electron chi connectivity index (χ1n) is 6.57. The standard InChI is InChI=1S/C14H23N3OS/c1-19-9-5-3-2-4-8-17-14(18)12-7-6-11(15)10-13(12)16/h6-7,10H,2-5,8-9,15-16H2,1H3,(H,17,18). The first kappa shape index (κ1) is 15.7. The predicted octanol–water partition coefficient (Wildman–Crippen LogP) is 2.50. The van der Waals surface area contributed by atoms with Crippen LogP contribution in [0.1, 0.15) is 36.0 Å². The quantitative estimate of drug-likeness (QED) is 0.505. The fourth-order valence-electron chi connectivity index (χ4n) is 1.81. The second-order valence-electron chi connectivity index (χ2n) is 4.51. The minimum absolute atomic E-state index is 0.124. The average molecular weight is 281 g/mol. The molecule has 1 rings (SSSR count). The van der Waals surface area contributed by atoms with Crippen LogP contribution < -0.4 is 16.8 Å². The molecular weight excluding hydrogens is 258 g/mol. The number of benzene rings is 1. The lowest BCUT2D eigenvalue weighted by Crippen LogP contribution is -2.25. The summed E-state index contributed by atoms with van der Waals surface area (Å²) in [6.45, 7) is 0.696. The average Bonchev–Trinajstić information content (AvgIpc) is 2.37. The highest BCUT2D eigenvalue weighted by Crippen LogP contribution is 2.15. The van der Waals surface area contributed by atoms with Crippen LogP contribution in [0, 0.1) is 0 Å². The summed E-state index contributed by atoms with van der Waals surface area (Å²) in [7, 11) is 0. The zero-order valence-electron chi connectivity index (χ0n) is 11.4. The van der Waals surface area contributed by atoms with E-state index in [4.69, 9.17) is 11.5 Å². The van der Waals surface area contributed by atoms with Crippen LogP contribution >= 0.6 is 11.8 Å². The molecule has 0 saturated heterocycles. The molecular formula is C14H23N3OS. The maximum absolute atomic E-state index is 11.9. The smallest absolute Gasteiger partial charge is 0.253 e. The molecule has 1 amide bonds. The van der Waals surface area contributed by atoms with Gasteiger partial charge in [-0.05, 0) is 43.0 Å². The number of anilines is 2. The van der Waals surface area contributed by atoms with Gasteiger partial charge in [-0.3, -0.25) is 4.79 Å². The molecule has 0 unspecified atom stereocenters. The lowest BCUT2D eigenvalue weighted by Gasteiger charge is -2.08. The predicted molar refractivity (Wildman–Crippen MR) is 84.5 cm³/mol. The number of nitrogens with two attached hydrogens (primary N) is 2. The Morgan fingerprint density at radius 1 is 1.21 bits per heavy atom. The molecule has 0 aromatic heterocycles. The molecule has 106 valence electrons. The summed E-state index contributed by atoms with van der Waals surface area (Å²) in [5.74, 6) is 1.09. The van der Waals surface area contributed by atoms with E-state index in [1.807, 2.05) is 11.8 Å². The van der Waals surface area contributed by atoms with Gasteiger partial charge in [0.25, 0.3) is 5.91 Å². The Morgan fingerprint density at radius 3 is 2.63 bits per heavy atom. The van der Waals surface area contributed by atoms with Crippen molar-refractivity contribution in [2.45, 2.75) is 25.7 Å². The van der Waals surface area contributed by atoms with Crippen molar-refractivity contribution < 1.29 is 4.79 Å². The van der Waals surface area contributed by atoms with Gasteiger partial charge in [-0.2, -0.15) is 11.8 Å². The summed E-state index contributed by atoms with van der Waals surface area (Å²) >= 11 is 1.88. The number of nitrogens with one attached hydrogen (secondary N) is 1. The highest BCUT2D eigenvalue weighted by molar-refractivity contribution is 7.98. The van der Waals surface area contributed by atoms with E-state index in [-0.39, 0.29) is 5.91 Å². The number of carbonyl (C=O) groups is 1. The lowest BCUT2D eigenvalue weighted by atomic mass is 10.1. The van der Waals surface area contributed by atoms with E-state index in [2.05, 4.69) is 11.6 Å². The molecule has 0 spiro atoms.